The minimum atomic E-state index is -1.03. The summed E-state index contributed by atoms with van der Waals surface area (Å²) in [7, 11) is 0. The molecule has 1 aliphatic heterocycles. The number of anilines is 1. The lowest BCUT2D eigenvalue weighted by atomic mass is 10.1. The standard InChI is InChI=1S/C16H19N3O4S/c1-10-9-13(23-18-10)12-3-2-6-19(12)7-4-14(20)17-11-5-8-24-15(11)16(21)22/h5,8-9,12H,2-4,6-7H2,1H3,(H,17,20)(H,21,22). The maximum absolute atomic E-state index is 12.1. The number of aromatic nitrogens is 1. The van der Waals surface area contributed by atoms with Crippen molar-refractivity contribution >= 4 is 28.9 Å². The molecule has 24 heavy (non-hydrogen) atoms. The highest BCUT2D eigenvalue weighted by atomic mass is 32.1. The summed E-state index contributed by atoms with van der Waals surface area (Å²) in [5.41, 5.74) is 1.22. The molecule has 2 N–H and O–H groups in total. The number of carbonyl (C=O) groups excluding carboxylic acids is 1. The fourth-order valence-electron chi connectivity index (χ4n) is 2.99. The van der Waals surface area contributed by atoms with Gasteiger partial charge in [0.15, 0.2) is 5.76 Å². The van der Waals surface area contributed by atoms with Crippen molar-refractivity contribution in [1.29, 1.82) is 0 Å². The lowest BCUT2D eigenvalue weighted by Crippen LogP contribution is -2.27. The molecular formula is C16H19N3O4S. The Morgan fingerprint density at radius 3 is 3.08 bits per heavy atom. The second-order valence-electron chi connectivity index (χ2n) is 5.83. The summed E-state index contributed by atoms with van der Waals surface area (Å²) in [6, 6.07) is 3.71. The number of carboxylic acids is 1. The van der Waals surface area contributed by atoms with Crippen LogP contribution >= 0.6 is 11.3 Å². The normalized spacial score (nSPS) is 18.0. The summed E-state index contributed by atoms with van der Waals surface area (Å²) in [5.74, 6) is -0.368. The van der Waals surface area contributed by atoms with Crippen LogP contribution in [0.25, 0.3) is 0 Å². The summed E-state index contributed by atoms with van der Waals surface area (Å²) < 4.78 is 5.36. The van der Waals surface area contributed by atoms with Gasteiger partial charge in [-0.3, -0.25) is 9.69 Å². The van der Waals surface area contributed by atoms with E-state index in [9.17, 15) is 9.59 Å². The number of amides is 1. The van der Waals surface area contributed by atoms with Crippen LogP contribution in [0.2, 0.25) is 0 Å². The van der Waals surface area contributed by atoms with Crippen LogP contribution in [0.3, 0.4) is 0 Å². The Labute approximate surface area is 143 Å². The van der Waals surface area contributed by atoms with Crippen LogP contribution < -0.4 is 5.32 Å². The smallest absolute Gasteiger partial charge is 0.348 e. The zero-order chi connectivity index (χ0) is 17.1. The summed E-state index contributed by atoms with van der Waals surface area (Å²) in [5, 5.41) is 17.3. The van der Waals surface area contributed by atoms with E-state index in [-0.39, 0.29) is 16.8 Å². The third-order valence-electron chi connectivity index (χ3n) is 4.10. The van der Waals surface area contributed by atoms with Crippen LogP contribution in [0.4, 0.5) is 5.69 Å². The molecule has 7 nitrogen and oxygen atoms in total. The third-order valence-corrected chi connectivity index (χ3v) is 5.00. The lowest BCUT2D eigenvalue weighted by Gasteiger charge is -2.21. The van der Waals surface area contributed by atoms with Crippen LogP contribution in [0.15, 0.2) is 22.0 Å². The molecule has 1 amide bonds. The fourth-order valence-corrected chi connectivity index (χ4v) is 3.67. The number of aromatic carboxylic acids is 1. The van der Waals surface area contributed by atoms with Gasteiger partial charge in [-0.15, -0.1) is 11.3 Å². The number of nitrogens with one attached hydrogen (secondary N) is 1. The Kier molecular flexibility index (Phi) is 4.96. The first-order chi connectivity index (χ1) is 11.5. The van der Waals surface area contributed by atoms with Crippen LogP contribution in [-0.4, -0.2) is 40.1 Å². The Morgan fingerprint density at radius 2 is 2.38 bits per heavy atom. The summed E-state index contributed by atoms with van der Waals surface area (Å²) >= 11 is 1.10. The highest BCUT2D eigenvalue weighted by molar-refractivity contribution is 7.12. The van der Waals surface area contributed by atoms with E-state index in [1.807, 2.05) is 13.0 Å². The predicted molar refractivity (Wildman–Crippen MR) is 89.3 cm³/mol. The van der Waals surface area contributed by atoms with Crippen molar-refractivity contribution in [2.75, 3.05) is 18.4 Å². The SMILES string of the molecule is Cc1cc(C2CCCN2CCC(=O)Nc2ccsc2C(=O)O)on1. The quantitative estimate of drug-likeness (QED) is 0.832. The van der Waals surface area contributed by atoms with Crippen molar-refractivity contribution in [2.24, 2.45) is 0 Å². The van der Waals surface area contributed by atoms with Gasteiger partial charge in [0.2, 0.25) is 5.91 Å². The fraction of sp³-hybridized carbons (Fsp3) is 0.438. The van der Waals surface area contributed by atoms with E-state index >= 15 is 0 Å². The van der Waals surface area contributed by atoms with Crippen molar-refractivity contribution in [3.05, 3.63) is 33.8 Å². The van der Waals surface area contributed by atoms with Gasteiger partial charge in [-0.25, -0.2) is 4.79 Å². The minimum Gasteiger partial charge on any atom is -0.477 e. The average molecular weight is 349 g/mol. The molecule has 3 rings (SSSR count). The van der Waals surface area contributed by atoms with Crippen LogP contribution in [0, 0.1) is 6.92 Å². The van der Waals surface area contributed by atoms with Crippen molar-refractivity contribution in [1.82, 2.24) is 10.1 Å². The van der Waals surface area contributed by atoms with Gasteiger partial charge in [-0.05, 0) is 37.8 Å². The number of thiophene rings is 1. The van der Waals surface area contributed by atoms with Gasteiger partial charge >= 0.3 is 5.97 Å². The second kappa shape index (κ2) is 7.14. The molecule has 0 radical (unpaired) electrons. The number of nitrogens with zero attached hydrogens (tertiary/aromatic N) is 2. The van der Waals surface area contributed by atoms with Crippen LogP contribution in [0.5, 0.6) is 0 Å². The molecule has 1 unspecified atom stereocenters. The van der Waals surface area contributed by atoms with Crippen molar-refractivity contribution in [3.63, 3.8) is 0 Å². The van der Waals surface area contributed by atoms with Crippen LogP contribution in [-0.2, 0) is 4.79 Å². The Hall–Kier alpha value is -2.19. The molecule has 2 aromatic rings. The van der Waals surface area contributed by atoms with E-state index in [1.165, 1.54) is 0 Å². The van der Waals surface area contributed by atoms with Gasteiger partial charge < -0.3 is 14.9 Å². The van der Waals surface area contributed by atoms with Gasteiger partial charge in [0.1, 0.15) is 4.88 Å². The molecule has 1 saturated heterocycles. The molecule has 0 aliphatic carbocycles. The highest BCUT2D eigenvalue weighted by Gasteiger charge is 2.29. The Balaban J connectivity index is 1.56. The number of hydrogen-bond donors (Lipinski definition) is 2. The summed E-state index contributed by atoms with van der Waals surface area (Å²) in [4.78, 5) is 25.6. The number of carboxylic acid groups (broad SMARTS) is 1. The molecule has 1 fully saturated rings. The average Bonchev–Trinajstić information content (AvgIpc) is 3.24. The first-order valence-corrected chi connectivity index (χ1v) is 8.70. The largest absolute Gasteiger partial charge is 0.477 e. The highest BCUT2D eigenvalue weighted by Crippen LogP contribution is 2.32. The maximum atomic E-state index is 12.1. The Bertz CT molecular complexity index is 739. The zero-order valence-electron chi connectivity index (χ0n) is 13.3. The number of carbonyl (C=O) groups is 2. The molecular weight excluding hydrogens is 330 g/mol. The molecule has 0 bridgehead atoms. The van der Waals surface area contributed by atoms with E-state index in [0.717, 1.165) is 42.2 Å². The van der Waals surface area contributed by atoms with Gasteiger partial charge in [0, 0.05) is 19.0 Å². The maximum Gasteiger partial charge on any atom is 0.348 e. The molecule has 0 spiro atoms. The molecule has 8 heteroatoms. The number of likely N-dealkylation sites (tertiary alicyclic amines) is 1. The molecule has 1 aliphatic rings. The molecule has 0 aromatic carbocycles. The minimum absolute atomic E-state index is 0.152. The summed E-state index contributed by atoms with van der Waals surface area (Å²) in [6.07, 6.45) is 2.35. The van der Waals surface area contributed by atoms with Crippen molar-refractivity contribution < 1.29 is 19.2 Å². The predicted octanol–water partition coefficient (Wildman–Crippen LogP) is 2.91. The van der Waals surface area contributed by atoms with E-state index in [1.54, 1.807) is 11.4 Å². The van der Waals surface area contributed by atoms with E-state index in [4.69, 9.17) is 9.63 Å². The van der Waals surface area contributed by atoms with Gasteiger partial charge in [-0.2, -0.15) is 0 Å². The number of aryl methyl sites for hydroxylation is 1. The van der Waals surface area contributed by atoms with Crippen molar-refractivity contribution in [3.8, 4) is 0 Å². The van der Waals surface area contributed by atoms with E-state index < -0.39 is 5.97 Å². The zero-order valence-corrected chi connectivity index (χ0v) is 14.1. The molecule has 1 atom stereocenters. The van der Waals surface area contributed by atoms with E-state index in [0.29, 0.717) is 18.7 Å². The van der Waals surface area contributed by atoms with Crippen LogP contribution in [0.1, 0.15) is 46.4 Å². The first-order valence-electron chi connectivity index (χ1n) is 7.82. The number of rotatable bonds is 6. The van der Waals surface area contributed by atoms with Gasteiger partial charge in [0.25, 0.3) is 0 Å². The number of hydrogen-bond acceptors (Lipinski definition) is 6. The first kappa shape index (κ1) is 16.7. The molecule has 3 heterocycles. The molecule has 0 saturated carbocycles. The van der Waals surface area contributed by atoms with Gasteiger partial charge in [-0.1, -0.05) is 5.16 Å². The van der Waals surface area contributed by atoms with Gasteiger partial charge in [0.05, 0.1) is 17.4 Å². The molecule has 128 valence electrons. The monoisotopic (exact) mass is 349 g/mol. The second-order valence-corrected chi connectivity index (χ2v) is 6.75. The lowest BCUT2D eigenvalue weighted by molar-refractivity contribution is -0.116. The third kappa shape index (κ3) is 3.65. The van der Waals surface area contributed by atoms with Crippen molar-refractivity contribution in [2.45, 2.75) is 32.2 Å². The topological polar surface area (TPSA) is 95.7 Å². The van der Waals surface area contributed by atoms with E-state index in [2.05, 4.69) is 15.4 Å². The molecule has 2 aromatic heterocycles. The Morgan fingerprint density at radius 1 is 1.54 bits per heavy atom. The summed E-state index contributed by atoms with van der Waals surface area (Å²) in [6.45, 7) is 3.40.